The summed E-state index contributed by atoms with van der Waals surface area (Å²) in [6.45, 7) is 8.52. The summed E-state index contributed by atoms with van der Waals surface area (Å²) in [4.78, 5) is 2.16. The maximum Gasteiger partial charge on any atom is 0.412 e. The quantitative estimate of drug-likeness (QED) is 0.790. The molecule has 0 spiro atoms. The van der Waals surface area contributed by atoms with E-state index < -0.39 is 6.18 Å². The minimum Gasteiger partial charge on any atom is -0.327 e. The zero-order chi connectivity index (χ0) is 15.8. The zero-order valence-electron chi connectivity index (χ0n) is 13.2. The first-order chi connectivity index (χ1) is 9.62. The SMILES string of the molecule is CC1C(N)CCC(CN2CC=C(C(F)(F)F)CC2)C1(C)C. The lowest BCUT2D eigenvalue weighted by atomic mass is 9.61. The molecule has 0 saturated heterocycles. The summed E-state index contributed by atoms with van der Waals surface area (Å²) in [6, 6.07) is 0.245. The van der Waals surface area contributed by atoms with Gasteiger partial charge in [0.25, 0.3) is 0 Å². The Labute approximate surface area is 125 Å². The highest BCUT2D eigenvalue weighted by Gasteiger charge is 2.42. The Kier molecular flexibility index (Phi) is 4.74. The summed E-state index contributed by atoms with van der Waals surface area (Å²) in [5.74, 6) is 0.954. The minimum atomic E-state index is -4.16. The third-order valence-corrected chi connectivity index (χ3v) is 5.85. The summed E-state index contributed by atoms with van der Waals surface area (Å²) in [7, 11) is 0. The van der Waals surface area contributed by atoms with E-state index in [0.717, 1.165) is 19.4 Å². The molecule has 1 heterocycles. The van der Waals surface area contributed by atoms with Crippen LogP contribution in [0.2, 0.25) is 0 Å². The molecule has 1 saturated carbocycles. The summed E-state index contributed by atoms with van der Waals surface area (Å²) in [6.07, 6.45) is -0.588. The number of hydrogen-bond donors (Lipinski definition) is 1. The second kappa shape index (κ2) is 5.92. The van der Waals surface area contributed by atoms with Crippen molar-refractivity contribution in [3.05, 3.63) is 11.6 Å². The van der Waals surface area contributed by atoms with Crippen LogP contribution in [-0.2, 0) is 0 Å². The van der Waals surface area contributed by atoms with Gasteiger partial charge >= 0.3 is 6.18 Å². The Morgan fingerprint density at radius 3 is 2.52 bits per heavy atom. The molecule has 2 N–H and O–H groups in total. The fraction of sp³-hybridized carbons (Fsp3) is 0.875. The van der Waals surface area contributed by atoms with Crippen LogP contribution in [0, 0.1) is 17.3 Å². The van der Waals surface area contributed by atoms with Gasteiger partial charge in [-0.15, -0.1) is 0 Å². The van der Waals surface area contributed by atoms with E-state index in [2.05, 4.69) is 25.7 Å². The Bertz CT molecular complexity index is 401. The Balaban J connectivity index is 1.96. The molecule has 5 heteroatoms. The van der Waals surface area contributed by atoms with Crippen molar-refractivity contribution in [2.75, 3.05) is 19.6 Å². The molecule has 0 aromatic carbocycles. The first-order valence-corrected chi connectivity index (χ1v) is 7.86. The second-order valence-corrected chi connectivity index (χ2v) is 7.28. The van der Waals surface area contributed by atoms with E-state index in [9.17, 15) is 13.2 Å². The molecule has 3 atom stereocenters. The van der Waals surface area contributed by atoms with E-state index in [0.29, 0.717) is 24.9 Å². The number of rotatable bonds is 2. The van der Waals surface area contributed by atoms with Crippen LogP contribution in [0.4, 0.5) is 13.2 Å². The summed E-state index contributed by atoms with van der Waals surface area (Å²) in [5, 5.41) is 0. The standard InChI is InChI=1S/C16H27F3N2/c1-11-14(20)5-4-13(15(11,2)3)10-21-8-6-12(7-9-21)16(17,18)19/h6,11,13-14H,4-5,7-10,20H2,1-3H3. The second-order valence-electron chi connectivity index (χ2n) is 7.28. The highest BCUT2D eigenvalue weighted by Crippen LogP contribution is 2.44. The predicted molar refractivity (Wildman–Crippen MR) is 78.8 cm³/mol. The smallest absolute Gasteiger partial charge is 0.327 e. The molecule has 0 aromatic heterocycles. The van der Waals surface area contributed by atoms with E-state index in [4.69, 9.17) is 5.73 Å². The van der Waals surface area contributed by atoms with Gasteiger partial charge in [-0.2, -0.15) is 13.2 Å². The monoisotopic (exact) mass is 304 g/mol. The molecular weight excluding hydrogens is 277 g/mol. The lowest BCUT2D eigenvalue weighted by Gasteiger charge is -2.48. The van der Waals surface area contributed by atoms with Crippen LogP contribution in [0.1, 0.15) is 40.0 Å². The fourth-order valence-corrected chi connectivity index (χ4v) is 3.71. The normalized spacial score (nSPS) is 34.6. The lowest BCUT2D eigenvalue weighted by molar-refractivity contribution is -0.0964. The van der Waals surface area contributed by atoms with E-state index in [-0.39, 0.29) is 23.5 Å². The largest absolute Gasteiger partial charge is 0.412 e. The van der Waals surface area contributed by atoms with Crippen LogP contribution >= 0.6 is 0 Å². The van der Waals surface area contributed by atoms with Gasteiger partial charge in [0.2, 0.25) is 0 Å². The lowest BCUT2D eigenvalue weighted by Crippen LogP contribution is -2.50. The van der Waals surface area contributed by atoms with Crippen molar-refractivity contribution >= 4 is 0 Å². The van der Waals surface area contributed by atoms with Gasteiger partial charge in [0.05, 0.1) is 0 Å². The van der Waals surface area contributed by atoms with Crippen molar-refractivity contribution in [2.24, 2.45) is 23.0 Å². The molecule has 2 nitrogen and oxygen atoms in total. The van der Waals surface area contributed by atoms with Gasteiger partial charge in [-0.3, -0.25) is 4.90 Å². The van der Waals surface area contributed by atoms with Gasteiger partial charge in [0, 0.05) is 31.2 Å². The van der Waals surface area contributed by atoms with Gasteiger partial charge in [-0.05, 0) is 36.5 Å². The van der Waals surface area contributed by atoms with Crippen LogP contribution in [0.5, 0.6) is 0 Å². The molecule has 21 heavy (non-hydrogen) atoms. The molecule has 3 unspecified atom stereocenters. The predicted octanol–water partition coefficient (Wildman–Crippen LogP) is 3.58. The third kappa shape index (κ3) is 3.62. The molecule has 0 amide bonds. The van der Waals surface area contributed by atoms with Crippen LogP contribution < -0.4 is 5.73 Å². The number of alkyl halides is 3. The number of nitrogens with two attached hydrogens (primary N) is 1. The Hall–Kier alpha value is -0.550. The minimum absolute atomic E-state index is 0.117. The molecule has 2 aliphatic rings. The molecule has 0 bridgehead atoms. The summed E-state index contributed by atoms with van der Waals surface area (Å²) < 4.78 is 37.9. The van der Waals surface area contributed by atoms with Gasteiger partial charge in [-0.25, -0.2) is 0 Å². The fourth-order valence-electron chi connectivity index (χ4n) is 3.71. The van der Waals surface area contributed by atoms with E-state index in [1.165, 1.54) is 6.08 Å². The van der Waals surface area contributed by atoms with Gasteiger partial charge in [0.1, 0.15) is 0 Å². The molecule has 1 aliphatic carbocycles. The van der Waals surface area contributed by atoms with Crippen molar-refractivity contribution in [1.29, 1.82) is 0 Å². The van der Waals surface area contributed by atoms with Crippen molar-refractivity contribution in [3.63, 3.8) is 0 Å². The molecule has 2 rings (SSSR count). The van der Waals surface area contributed by atoms with E-state index in [1.807, 2.05) is 0 Å². The van der Waals surface area contributed by atoms with Gasteiger partial charge in [-0.1, -0.05) is 26.8 Å². The molecule has 1 fully saturated rings. The summed E-state index contributed by atoms with van der Waals surface area (Å²) >= 11 is 0. The van der Waals surface area contributed by atoms with Crippen LogP contribution in [0.3, 0.4) is 0 Å². The highest BCUT2D eigenvalue weighted by molar-refractivity contribution is 5.13. The topological polar surface area (TPSA) is 29.3 Å². The van der Waals surface area contributed by atoms with Gasteiger partial charge < -0.3 is 5.73 Å². The average molecular weight is 304 g/mol. The molecular formula is C16H27F3N2. The maximum absolute atomic E-state index is 12.6. The molecule has 0 radical (unpaired) electrons. The Morgan fingerprint density at radius 2 is 2.00 bits per heavy atom. The third-order valence-electron chi connectivity index (χ3n) is 5.85. The molecule has 122 valence electrons. The highest BCUT2D eigenvalue weighted by atomic mass is 19.4. The van der Waals surface area contributed by atoms with Crippen molar-refractivity contribution in [3.8, 4) is 0 Å². The van der Waals surface area contributed by atoms with Gasteiger partial charge in [0.15, 0.2) is 0 Å². The number of hydrogen-bond acceptors (Lipinski definition) is 2. The average Bonchev–Trinajstić information content (AvgIpc) is 2.40. The molecule has 1 aliphatic heterocycles. The van der Waals surface area contributed by atoms with Crippen LogP contribution in [0.15, 0.2) is 11.6 Å². The van der Waals surface area contributed by atoms with Crippen molar-refractivity contribution < 1.29 is 13.2 Å². The first kappa shape index (κ1) is 16.8. The first-order valence-electron chi connectivity index (χ1n) is 7.86. The number of halogens is 3. The molecule has 0 aromatic rings. The number of nitrogens with zero attached hydrogens (tertiary/aromatic N) is 1. The maximum atomic E-state index is 12.6. The van der Waals surface area contributed by atoms with E-state index in [1.54, 1.807) is 0 Å². The summed E-state index contributed by atoms with van der Waals surface area (Å²) in [5.41, 5.74) is 5.95. The van der Waals surface area contributed by atoms with Crippen LogP contribution in [0.25, 0.3) is 0 Å². The zero-order valence-corrected chi connectivity index (χ0v) is 13.2. The van der Waals surface area contributed by atoms with Crippen molar-refractivity contribution in [1.82, 2.24) is 4.90 Å². The van der Waals surface area contributed by atoms with Crippen LogP contribution in [-0.4, -0.2) is 36.8 Å². The Morgan fingerprint density at radius 1 is 1.33 bits per heavy atom. The van der Waals surface area contributed by atoms with Crippen molar-refractivity contribution in [2.45, 2.75) is 52.3 Å². The van der Waals surface area contributed by atoms with E-state index >= 15 is 0 Å².